The van der Waals surface area contributed by atoms with Crippen LogP contribution in [0.3, 0.4) is 0 Å². The molecule has 0 radical (unpaired) electrons. The van der Waals surface area contributed by atoms with Gasteiger partial charge in [-0.3, -0.25) is 14.8 Å². The van der Waals surface area contributed by atoms with E-state index in [-0.39, 0.29) is 11.3 Å². The molecule has 0 N–H and O–H groups in total. The Kier molecular flexibility index (Phi) is 4.31. The van der Waals surface area contributed by atoms with Crippen molar-refractivity contribution in [1.82, 2.24) is 14.9 Å². The average molecular weight is 384 g/mol. The molecule has 0 aliphatic carbocycles. The molecule has 0 bridgehead atoms. The fourth-order valence-electron chi connectivity index (χ4n) is 4.77. The van der Waals surface area contributed by atoms with E-state index in [1.165, 1.54) is 11.3 Å². The van der Waals surface area contributed by atoms with E-state index in [0.717, 1.165) is 42.9 Å². The molecule has 29 heavy (non-hydrogen) atoms. The second-order valence-electron chi connectivity index (χ2n) is 8.21. The number of carbonyl (C=O) groups excluding carboxylic acids is 1. The SMILES string of the molecule is Cc1cccc(C(=O)N2CC[C@@]3(C2)CN(Cc2cccnc2)c2cccnc23)c1. The predicted molar refractivity (Wildman–Crippen MR) is 113 cm³/mol. The Bertz CT molecular complexity index is 1050. The highest BCUT2D eigenvalue weighted by Gasteiger charge is 2.49. The van der Waals surface area contributed by atoms with E-state index in [1.807, 2.05) is 60.6 Å². The molecule has 5 rings (SSSR count). The van der Waals surface area contributed by atoms with Gasteiger partial charge in [0.25, 0.3) is 5.91 Å². The molecule has 1 fully saturated rings. The van der Waals surface area contributed by atoms with E-state index in [2.05, 4.69) is 22.0 Å². The molecule has 1 atom stereocenters. The Labute approximate surface area is 171 Å². The summed E-state index contributed by atoms with van der Waals surface area (Å²) in [5.74, 6) is 0.119. The molecule has 0 saturated carbocycles. The zero-order chi connectivity index (χ0) is 19.8. The number of carbonyl (C=O) groups is 1. The maximum atomic E-state index is 13.1. The van der Waals surface area contributed by atoms with E-state index in [4.69, 9.17) is 4.98 Å². The number of hydrogen-bond donors (Lipinski definition) is 0. The highest BCUT2D eigenvalue weighted by molar-refractivity contribution is 5.94. The van der Waals surface area contributed by atoms with Gasteiger partial charge in [0, 0.05) is 50.3 Å². The molecule has 2 aliphatic heterocycles. The number of benzene rings is 1. The molecule has 1 spiro atoms. The summed E-state index contributed by atoms with van der Waals surface area (Å²) in [6.07, 6.45) is 6.54. The first kappa shape index (κ1) is 17.9. The molecule has 5 heteroatoms. The normalized spacial score (nSPS) is 20.3. The van der Waals surface area contributed by atoms with Crippen LogP contribution in [0.1, 0.15) is 33.6 Å². The zero-order valence-electron chi connectivity index (χ0n) is 16.6. The van der Waals surface area contributed by atoms with Crippen LogP contribution in [-0.4, -0.2) is 40.4 Å². The van der Waals surface area contributed by atoms with Crippen molar-refractivity contribution < 1.29 is 4.79 Å². The highest BCUT2D eigenvalue weighted by atomic mass is 16.2. The molecular formula is C24H24N4O. The average Bonchev–Trinajstić information content (AvgIpc) is 3.31. The number of hydrogen-bond acceptors (Lipinski definition) is 4. The lowest BCUT2D eigenvalue weighted by Gasteiger charge is -2.26. The number of likely N-dealkylation sites (tertiary alicyclic amines) is 1. The van der Waals surface area contributed by atoms with Gasteiger partial charge >= 0.3 is 0 Å². The molecule has 0 unspecified atom stereocenters. The zero-order valence-corrected chi connectivity index (χ0v) is 16.6. The minimum Gasteiger partial charge on any atom is -0.365 e. The highest BCUT2D eigenvalue weighted by Crippen LogP contribution is 2.45. The van der Waals surface area contributed by atoms with Gasteiger partial charge in [-0.15, -0.1) is 0 Å². The van der Waals surface area contributed by atoms with Crippen LogP contribution in [0.25, 0.3) is 0 Å². The third kappa shape index (κ3) is 3.16. The van der Waals surface area contributed by atoms with Gasteiger partial charge in [0.1, 0.15) is 0 Å². The van der Waals surface area contributed by atoms with Crippen molar-refractivity contribution in [3.63, 3.8) is 0 Å². The summed E-state index contributed by atoms with van der Waals surface area (Å²) in [7, 11) is 0. The van der Waals surface area contributed by atoms with E-state index in [9.17, 15) is 4.79 Å². The summed E-state index contributed by atoms with van der Waals surface area (Å²) in [5, 5.41) is 0. The molecule has 1 amide bonds. The van der Waals surface area contributed by atoms with Crippen molar-refractivity contribution in [2.24, 2.45) is 0 Å². The largest absolute Gasteiger partial charge is 0.365 e. The van der Waals surface area contributed by atoms with Crippen LogP contribution < -0.4 is 4.90 Å². The van der Waals surface area contributed by atoms with Crippen molar-refractivity contribution in [2.45, 2.75) is 25.3 Å². The Morgan fingerprint density at radius 2 is 2.00 bits per heavy atom. The summed E-state index contributed by atoms with van der Waals surface area (Å²) >= 11 is 0. The lowest BCUT2D eigenvalue weighted by Crippen LogP contribution is -2.38. The molecular weight excluding hydrogens is 360 g/mol. The maximum Gasteiger partial charge on any atom is 0.253 e. The van der Waals surface area contributed by atoms with Gasteiger partial charge in [-0.05, 0) is 49.2 Å². The standard InChI is InChI=1S/C24H24N4O/c1-18-5-2-7-20(13-18)23(29)27-12-9-24(16-27)17-28(15-19-6-3-10-25-14-19)21-8-4-11-26-22(21)24/h2-8,10-11,13-14H,9,12,15-17H2,1H3/t24-/m1/s1. The quantitative estimate of drug-likeness (QED) is 0.692. The molecule has 1 aromatic carbocycles. The number of fused-ring (bicyclic) bond motifs is 2. The van der Waals surface area contributed by atoms with Crippen LogP contribution in [0.4, 0.5) is 5.69 Å². The molecule has 2 aliphatic rings. The molecule has 146 valence electrons. The summed E-state index contributed by atoms with van der Waals surface area (Å²) < 4.78 is 0. The second-order valence-corrected chi connectivity index (χ2v) is 8.21. The third-order valence-electron chi connectivity index (χ3n) is 6.13. The third-order valence-corrected chi connectivity index (χ3v) is 6.13. The van der Waals surface area contributed by atoms with Crippen molar-refractivity contribution in [1.29, 1.82) is 0 Å². The Morgan fingerprint density at radius 1 is 1.10 bits per heavy atom. The first-order valence-corrected chi connectivity index (χ1v) is 10.1. The van der Waals surface area contributed by atoms with Crippen LogP contribution in [-0.2, 0) is 12.0 Å². The van der Waals surface area contributed by atoms with Crippen LogP contribution in [0.5, 0.6) is 0 Å². The van der Waals surface area contributed by atoms with E-state index < -0.39 is 0 Å². The number of pyridine rings is 2. The first-order valence-electron chi connectivity index (χ1n) is 10.1. The summed E-state index contributed by atoms with van der Waals surface area (Å²) in [4.78, 5) is 26.5. The summed E-state index contributed by atoms with van der Waals surface area (Å²) in [6, 6.07) is 16.1. The fourth-order valence-corrected chi connectivity index (χ4v) is 4.77. The van der Waals surface area contributed by atoms with Gasteiger partial charge in [-0.2, -0.15) is 0 Å². The maximum absolute atomic E-state index is 13.1. The lowest BCUT2D eigenvalue weighted by molar-refractivity contribution is 0.0784. The fraction of sp³-hybridized carbons (Fsp3) is 0.292. The number of aromatic nitrogens is 2. The monoisotopic (exact) mass is 384 g/mol. The molecule has 2 aromatic heterocycles. The van der Waals surface area contributed by atoms with Crippen LogP contribution in [0, 0.1) is 6.92 Å². The summed E-state index contributed by atoms with van der Waals surface area (Å²) in [5.41, 5.74) is 5.28. The van der Waals surface area contributed by atoms with Gasteiger partial charge in [0.15, 0.2) is 0 Å². The van der Waals surface area contributed by atoms with Gasteiger partial charge in [-0.25, -0.2) is 0 Å². The van der Waals surface area contributed by atoms with Crippen LogP contribution in [0.15, 0.2) is 67.1 Å². The number of anilines is 1. The van der Waals surface area contributed by atoms with Gasteiger partial charge in [0.05, 0.1) is 16.8 Å². The Balaban J connectivity index is 1.41. The van der Waals surface area contributed by atoms with Gasteiger partial charge in [-0.1, -0.05) is 23.8 Å². The van der Waals surface area contributed by atoms with Gasteiger partial charge in [0.2, 0.25) is 0 Å². The minimum atomic E-state index is -0.0989. The van der Waals surface area contributed by atoms with E-state index in [0.29, 0.717) is 6.54 Å². The topological polar surface area (TPSA) is 49.3 Å². The van der Waals surface area contributed by atoms with E-state index in [1.54, 1.807) is 6.20 Å². The molecule has 1 saturated heterocycles. The van der Waals surface area contributed by atoms with Crippen molar-refractivity contribution in [3.8, 4) is 0 Å². The van der Waals surface area contributed by atoms with Crippen LogP contribution in [0.2, 0.25) is 0 Å². The number of rotatable bonds is 3. The Morgan fingerprint density at radius 3 is 2.83 bits per heavy atom. The second kappa shape index (κ2) is 6.99. The van der Waals surface area contributed by atoms with Crippen molar-refractivity contribution >= 4 is 11.6 Å². The van der Waals surface area contributed by atoms with Gasteiger partial charge < -0.3 is 9.80 Å². The number of aryl methyl sites for hydroxylation is 1. The first-order chi connectivity index (χ1) is 14.1. The lowest BCUT2D eigenvalue weighted by atomic mass is 9.85. The predicted octanol–water partition coefficient (Wildman–Crippen LogP) is 3.59. The smallest absolute Gasteiger partial charge is 0.253 e. The Hall–Kier alpha value is -3.21. The number of nitrogens with zero attached hydrogens (tertiary/aromatic N) is 4. The van der Waals surface area contributed by atoms with E-state index >= 15 is 0 Å². The molecule has 4 heterocycles. The minimum absolute atomic E-state index is 0.0989. The number of amides is 1. The molecule has 3 aromatic rings. The van der Waals surface area contributed by atoms with Crippen molar-refractivity contribution in [3.05, 3.63) is 89.5 Å². The molecule has 5 nitrogen and oxygen atoms in total. The van der Waals surface area contributed by atoms with Crippen LogP contribution >= 0.6 is 0 Å². The summed E-state index contributed by atoms with van der Waals surface area (Å²) in [6.45, 7) is 5.19. The van der Waals surface area contributed by atoms with Crippen molar-refractivity contribution in [2.75, 3.05) is 24.5 Å².